The lowest BCUT2D eigenvalue weighted by molar-refractivity contribution is -0.0373. The third kappa shape index (κ3) is 1.80. The SMILES string of the molecule is CNC(C1CCC1)C(C)(C)OC. The van der Waals surface area contributed by atoms with Gasteiger partial charge in [0.1, 0.15) is 0 Å². The summed E-state index contributed by atoms with van der Waals surface area (Å²) in [6, 6.07) is 0.510. The predicted molar refractivity (Wildman–Crippen MR) is 51.3 cm³/mol. The first kappa shape index (κ1) is 10.0. The Morgan fingerprint density at radius 2 is 2.00 bits per heavy atom. The highest BCUT2D eigenvalue weighted by molar-refractivity contribution is 4.93. The van der Waals surface area contributed by atoms with E-state index in [0.29, 0.717) is 6.04 Å². The maximum absolute atomic E-state index is 5.49. The van der Waals surface area contributed by atoms with Gasteiger partial charge < -0.3 is 10.1 Å². The zero-order valence-electron chi connectivity index (χ0n) is 8.68. The normalized spacial score (nSPS) is 22.0. The summed E-state index contributed by atoms with van der Waals surface area (Å²) in [4.78, 5) is 0. The molecule has 0 saturated heterocycles. The zero-order chi connectivity index (χ0) is 9.19. The average Bonchev–Trinajstić information content (AvgIpc) is 1.96. The van der Waals surface area contributed by atoms with Crippen LogP contribution in [0.25, 0.3) is 0 Å². The molecule has 1 saturated carbocycles. The lowest BCUT2D eigenvalue weighted by Gasteiger charge is -2.42. The van der Waals surface area contributed by atoms with Crippen molar-refractivity contribution in [2.45, 2.75) is 44.8 Å². The topological polar surface area (TPSA) is 21.3 Å². The molecule has 1 rings (SSSR count). The summed E-state index contributed by atoms with van der Waals surface area (Å²) in [7, 11) is 3.83. The first-order valence-electron chi connectivity index (χ1n) is 4.84. The summed E-state index contributed by atoms with van der Waals surface area (Å²) in [5.74, 6) is 0.824. The van der Waals surface area contributed by atoms with Crippen molar-refractivity contribution in [2.75, 3.05) is 14.2 Å². The monoisotopic (exact) mass is 171 g/mol. The van der Waals surface area contributed by atoms with Crippen LogP contribution in [0, 0.1) is 5.92 Å². The summed E-state index contributed by atoms with van der Waals surface area (Å²) >= 11 is 0. The molecule has 0 aliphatic heterocycles. The van der Waals surface area contributed by atoms with E-state index in [9.17, 15) is 0 Å². The maximum Gasteiger partial charge on any atom is 0.0777 e. The third-order valence-corrected chi connectivity index (χ3v) is 3.21. The van der Waals surface area contributed by atoms with Crippen LogP contribution in [0.3, 0.4) is 0 Å². The second kappa shape index (κ2) is 3.75. The van der Waals surface area contributed by atoms with Crippen molar-refractivity contribution >= 4 is 0 Å². The van der Waals surface area contributed by atoms with Crippen LogP contribution in [0.2, 0.25) is 0 Å². The van der Waals surface area contributed by atoms with Crippen LogP contribution >= 0.6 is 0 Å². The Morgan fingerprint density at radius 3 is 2.25 bits per heavy atom. The quantitative estimate of drug-likeness (QED) is 0.696. The van der Waals surface area contributed by atoms with Gasteiger partial charge in [0.05, 0.1) is 5.60 Å². The van der Waals surface area contributed by atoms with Crippen molar-refractivity contribution in [3.63, 3.8) is 0 Å². The Morgan fingerprint density at radius 1 is 1.42 bits per heavy atom. The van der Waals surface area contributed by atoms with Gasteiger partial charge in [-0.25, -0.2) is 0 Å². The molecule has 1 aliphatic carbocycles. The van der Waals surface area contributed by atoms with E-state index < -0.39 is 0 Å². The molecule has 2 nitrogen and oxygen atoms in total. The number of nitrogens with one attached hydrogen (secondary N) is 1. The second-order valence-corrected chi connectivity index (χ2v) is 4.26. The largest absolute Gasteiger partial charge is 0.377 e. The molecule has 0 aromatic rings. The number of methoxy groups -OCH3 is 1. The molecule has 12 heavy (non-hydrogen) atoms. The minimum Gasteiger partial charge on any atom is -0.377 e. The number of ether oxygens (including phenoxy) is 1. The van der Waals surface area contributed by atoms with E-state index in [-0.39, 0.29) is 5.60 Å². The van der Waals surface area contributed by atoms with Gasteiger partial charge in [0.15, 0.2) is 0 Å². The molecular formula is C10H21NO. The van der Waals surface area contributed by atoms with Crippen LogP contribution in [0.5, 0.6) is 0 Å². The van der Waals surface area contributed by atoms with Crippen molar-refractivity contribution in [3.05, 3.63) is 0 Å². The molecule has 1 N–H and O–H groups in total. The van der Waals surface area contributed by atoms with Gasteiger partial charge in [-0.1, -0.05) is 6.42 Å². The molecule has 0 amide bonds. The van der Waals surface area contributed by atoms with Gasteiger partial charge in [-0.2, -0.15) is 0 Å². The highest BCUT2D eigenvalue weighted by Crippen LogP contribution is 2.34. The highest BCUT2D eigenvalue weighted by Gasteiger charge is 2.37. The molecule has 72 valence electrons. The van der Waals surface area contributed by atoms with E-state index in [1.54, 1.807) is 7.11 Å². The average molecular weight is 171 g/mol. The molecule has 0 aromatic heterocycles. The molecule has 1 unspecified atom stereocenters. The lowest BCUT2D eigenvalue weighted by atomic mass is 9.74. The maximum atomic E-state index is 5.49. The van der Waals surface area contributed by atoms with Crippen LogP contribution in [-0.4, -0.2) is 25.8 Å². The van der Waals surface area contributed by atoms with Gasteiger partial charge >= 0.3 is 0 Å². The smallest absolute Gasteiger partial charge is 0.0777 e. The van der Waals surface area contributed by atoms with Crippen LogP contribution < -0.4 is 5.32 Å². The number of hydrogen-bond acceptors (Lipinski definition) is 2. The van der Waals surface area contributed by atoms with Crippen molar-refractivity contribution in [1.82, 2.24) is 5.32 Å². The highest BCUT2D eigenvalue weighted by atomic mass is 16.5. The van der Waals surface area contributed by atoms with Crippen molar-refractivity contribution in [2.24, 2.45) is 5.92 Å². The van der Waals surface area contributed by atoms with Crippen molar-refractivity contribution < 1.29 is 4.74 Å². The minimum atomic E-state index is -0.0279. The van der Waals surface area contributed by atoms with Crippen LogP contribution in [0.15, 0.2) is 0 Å². The first-order valence-corrected chi connectivity index (χ1v) is 4.84. The lowest BCUT2D eigenvalue weighted by Crippen LogP contribution is -2.52. The third-order valence-electron chi connectivity index (χ3n) is 3.21. The molecule has 0 spiro atoms. The molecule has 0 radical (unpaired) electrons. The van der Waals surface area contributed by atoms with Gasteiger partial charge in [-0.05, 0) is 39.7 Å². The van der Waals surface area contributed by atoms with Crippen LogP contribution in [0.1, 0.15) is 33.1 Å². The fourth-order valence-corrected chi connectivity index (χ4v) is 2.05. The van der Waals surface area contributed by atoms with Crippen molar-refractivity contribution in [3.8, 4) is 0 Å². The predicted octanol–water partition coefficient (Wildman–Crippen LogP) is 1.80. The fourth-order valence-electron chi connectivity index (χ4n) is 2.05. The molecule has 1 fully saturated rings. The summed E-state index contributed by atoms with van der Waals surface area (Å²) in [5, 5.41) is 3.37. The van der Waals surface area contributed by atoms with Crippen LogP contribution in [0.4, 0.5) is 0 Å². The Balaban J connectivity index is 2.53. The second-order valence-electron chi connectivity index (χ2n) is 4.26. The summed E-state index contributed by atoms with van der Waals surface area (Å²) in [6.07, 6.45) is 4.11. The molecule has 1 atom stereocenters. The molecule has 0 heterocycles. The number of likely N-dealkylation sites (N-methyl/N-ethyl adjacent to an activating group) is 1. The van der Waals surface area contributed by atoms with E-state index in [4.69, 9.17) is 4.74 Å². The summed E-state index contributed by atoms with van der Waals surface area (Å²) in [5.41, 5.74) is -0.0279. The minimum absolute atomic E-state index is 0.0279. The molecule has 2 heteroatoms. The number of rotatable bonds is 4. The van der Waals surface area contributed by atoms with Crippen LogP contribution in [-0.2, 0) is 4.74 Å². The fraction of sp³-hybridized carbons (Fsp3) is 1.00. The summed E-state index contributed by atoms with van der Waals surface area (Å²) < 4.78 is 5.49. The standard InChI is InChI=1S/C10H21NO/c1-10(2,12-4)9(11-3)8-6-5-7-8/h8-9,11H,5-7H2,1-4H3. The molecule has 0 aromatic carbocycles. The first-order chi connectivity index (χ1) is 5.61. The van der Waals surface area contributed by atoms with Crippen molar-refractivity contribution in [1.29, 1.82) is 0 Å². The Kier molecular flexibility index (Phi) is 3.13. The number of hydrogen-bond donors (Lipinski definition) is 1. The van der Waals surface area contributed by atoms with E-state index in [2.05, 4.69) is 19.2 Å². The van der Waals surface area contributed by atoms with E-state index in [1.807, 2.05) is 7.05 Å². The summed E-state index contributed by atoms with van der Waals surface area (Å²) in [6.45, 7) is 4.32. The van der Waals surface area contributed by atoms with Gasteiger partial charge in [0.25, 0.3) is 0 Å². The molecule has 0 bridgehead atoms. The van der Waals surface area contributed by atoms with Gasteiger partial charge in [0, 0.05) is 13.2 Å². The van der Waals surface area contributed by atoms with Gasteiger partial charge in [-0.15, -0.1) is 0 Å². The molecule has 1 aliphatic rings. The Bertz CT molecular complexity index is 141. The zero-order valence-corrected chi connectivity index (χ0v) is 8.68. The van der Waals surface area contributed by atoms with E-state index in [1.165, 1.54) is 19.3 Å². The molecular weight excluding hydrogens is 150 g/mol. The van der Waals surface area contributed by atoms with Gasteiger partial charge in [-0.3, -0.25) is 0 Å². The van der Waals surface area contributed by atoms with Gasteiger partial charge in [0.2, 0.25) is 0 Å². The van der Waals surface area contributed by atoms with E-state index >= 15 is 0 Å². The Labute approximate surface area is 75.7 Å². The Hall–Kier alpha value is -0.0800. The van der Waals surface area contributed by atoms with E-state index in [0.717, 1.165) is 5.92 Å².